The minimum Gasteiger partial charge on any atom is -0.481 e. The highest BCUT2D eigenvalue weighted by molar-refractivity contribution is 5.92. The van der Waals surface area contributed by atoms with Gasteiger partial charge in [0.2, 0.25) is 0 Å². The molecule has 4 fully saturated rings. The van der Waals surface area contributed by atoms with Crippen LogP contribution in [0.5, 0.6) is 0 Å². The largest absolute Gasteiger partial charge is 0.481 e. The first kappa shape index (κ1) is 24.5. The smallest absolute Gasteiger partial charge is 0.310 e. The predicted octanol–water partition coefficient (Wildman–Crippen LogP) is 6.41. The Morgan fingerprint density at radius 1 is 0.941 bits per heavy atom. The lowest BCUT2D eigenvalue weighted by Gasteiger charge is -2.71. The van der Waals surface area contributed by atoms with Crippen LogP contribution in [0, 0.1) is 50.2 Å². The number of hydrogen-bond donors (Lipinski definition) is 2. The molecule has 0 unspecified atom stereocenters. The summed E-state index contributed by atoms with van der Waals surface area (Å²) in [5, 5.41) is 21.3. The minimum atomic E-state index is -0.931. The summed E-state index contributed by atoms with van der Waals surface area (Å²) in [4.78, 5) is 25.7. The van der Waals surface area contributed by atoms with Gasteiger partial charge in [-0.15, -0.1) is 0 Å². The summed E-state index contributed by atoms with van der Waals surface area (Å²) in [5.74, 6) is 0.342. The van der Waals surface area contributed by atoms with Crippen molar-refractivity contribution in [2.45, 2.75) is 112 Å². The van der Waals surface area contributed by atoms with E-state index in [-0.39, 0.29) is 45.9 Å². The normalized spacial score (nSPS) is 51.3. The van der Waals surface area contributed by atoms with E-state index < -0.39 is 16.8 Å². The first-order chi connectivity index (χ1) is 15.6. The Morgan fingerprint density at radius 2 is 1.62 bits per heavy atom. The Morgan fingerprint density at radius 3 is 2.26 bits per heavy atom. The molecular formula is C30H46O4. The number of fused-ring (bicyclic) bond motifs is 7. The molecule has 0 aromatic carbocycles. The molecular weight excluding hydrogens is 424 g/mol. The maximum absolute atomic E-state index is 13.0. The van der Waals surface area contributed by atoms with Crippen LogP contribution < -0.4 is 0 Å². The summed E-state index contributed by atoms with van der Waals surface area (Å²) in [7, 11) is 0. The van der Waals surface area contributed by atoms with Crippen LogP contribution >= 0.6 is 0 Å². The summed E-state index contributed by atoms with van der Waals surface area (Å²) < 4.78 is 0. The van der Waals surface area contributed by atoms with E-state index >= 15 is 0 Å². The van der Waals surface area contributed by atoms with Gasteiger partial charge in [0.25, 0.3) is 0 Å². The second-order valence-electron chi connectivity index (χ2n) is 14.9. The minimum absolute atomic E-state index is 0.0375. The monoisotopic (exact) mass is 470 g/mol. The molecule has 0 bridgehead atoms. The predicted molar refractivity (Wildman–Crippen MR) is 133 cm³/mol. The lowest BCUT2D eigenvalue weighted by molar-refractivity contribution is -0.205. The van der Waals surface area contributed by atoms with E-state index in [0.717, 1.165) is 38.5 Å². The number of Topliss-reactive ketones (excluding diaryl/α,β-unsaturated/α-hetero) is 1. The van der Waals surface area contributed by atoms with E-state index in [9.17, 15) is 19.8 Å². The first-order valence-corrected chi connectivity index (χ1v) is 13.7. The van der Waals surface area contributed by atoms with Crippen LogP contribution in [-0.2, 0) is 9.59 Å². The van der Waals surface area contributed by atoms with Gasteiger partial charge in [-0.05, 0) is 90.8 Å². The van der Waals surface area contributed by atoms with E-state index in [1.54, 1.807) is 0 Å². The molecule has 190 valence electrons. The summed E-state index contributed by atoms with van der Waals surface area (Å²) >= 11 is 0. The Labute approximate surface area is 206 Å². The Kier molecular flexibility index (Phi) is 5.04. The lowest BCUT2D eigenvalue weighted by atomic mass is 9.33. The summed E-state index contributed by atoms with van der Waals surface area (Å²) in [6.07, 6.45) is 9.74. The average molecular weight is 471 g/mol. The zero-order chi connectivity index (χ0) is 25.1. The number of allylic oxidation sites excluding steroid dienone is 2. The molecule has 0 amide bonds. The van der Waals surface area contributed by atoms with Crippen molar-refractivity contribution in [3.8, 4) is 0 Å². The highest BCUT2D eigenvalue weighted by atomic mass is 16.4. The maximum Gasteiger partial charge on any atom is 0.310 e. The molecule has 2 N–H and O–H groups in total. The molecule has 0 spiro atoms. The molecule has 0 saturated heterocycles. The van der Waals surface area contributed by atoms with Crippen LogP contribution in [0.15, 0.2) is 11.6 Å². The van der Waals surface area contributed by atoms with E-state index in [2.05, 4.69) is 40.7 Å². The molecule has 0 aromatic heterocycles. The van der Waals surface area contributed by atoms with E-state index in [4.69, 9.17) is 0 Å². The number of aliphatic carboxylic acids is 1. The number of hydrogen-bond acceptors (Lipinski definition) is 3. The quantitative estimate of drug-likeness (QED) is 0.434. The molecule has 0 aliphatic heterocycles. The number of carboxylic acids is 1. The number of carboxylic acid groups (broad SMARTS) is 1. The number of carbonyl (C=O) groups is 2. The summed E-state index contributed by atoms with van der Waals surface area (Å²) in [6, 6.07) is 0. The van der Waals surface area contributed by atoms with Crippen molar-refractivity contribution in [2.24, 2.45) is 50.2 Å². The van der Waals surface area contributed by atoms with Crippen LogP contribution in [0.25, 0.3) is 0 Å². The van der Waals surface area contributed by atoms with Gasteiger partial charge >= 0.3 is 5.97 Å². The third-order valence-electron chi connectivity index (χ3n) is 13.0. The van der Waals surface area contributed by atoms with Crippen LogP contribution in [0.1, 0.15) is 106 Å². The van der Waals surface area contributed by atoms with Gasteiger partial charge in [-0.3, -0.25) is 9.59 Å². The lowest BCUT2D eigenvalue weighted by Crippen LogP contribution is -2.65. The molecule has 5 aliphatic carbocycles. The van der Waals surface area contributed by atoms with Crippen molar-refractivity contribution < 1.29 is 19.8 Å². The molecule has 5 rings (SSSR count). The molecule has 4 saturated carbocycles. The van der Waals surface area contributed by atoms with Gasteiger partial charge in [0, 0.05) is 11.8 Å². The summed E-state index contributed by atoms with van der Waals surface area (Å²) in [6.45, 7) is 16.0. The number of aliphatic hydroxyl groups is 1. The third-order valence-corrected chi connectivity index (χ3v) is 13.0. The van der Waals surface area contributed by atoms with E-state index in [1.807, 2.05) is 13.8 Å². The second-order valence-corrected chi connectivity index (χ2v) is 14.9. The fraction of sp³-hybridized carbons (Fsp3) is 0.867. The fourth-order valence-electron chi connectivity index (χ4n) is 10.4. The third kappa shape index (κ3) is 2.75. The topological polar surface area (TPSA) is 74.6 Å². The first-order valence-electron chi connectivity index (χ1n) is 13.7. The van der Waals surface area contributed by atoms with Gasteiger partial charge in [0.05, 0.1) is 11.5 Å². The zero-order valence-electron chi connectivity index (χ0n) is 22.5. The van der Waals surface area contributed by atoms with Crippen LogP contribution in [0.4, 0.5) is 0 Å². The van der Waals surface area contributed by atoms with Crippen LogP contribution in [0.3, 0.4) is 0 Å². The van der Waals surface area contributed by atoms with Gasteiger partial charge in [-0.25, -0.2) is 0 Å². The Hall–Kier alpha value is -1.16. The standard InChI is InChI=1S/C30H46O4/c1-25(2)16-19-18-8-9-21-27(5)12-11-22(31)26(3,4)20(27)10-13-29(21,7)28(18,6)14-15-30(19,24(33)34)17-23(25)32/h8,19-22,31H,9-17H2,1-7H3,(H,33,34)/t19-,20+,21+,22-,27-,28+,29+,30+/m0/s1. The van der Waals surface area contributed by atoms with E-state index in [0.29, 0.717) is 24.7 Å². The molecule has 0 heterocycles. The zero-order valence-corrected chi connectivity index (χ0v) is 22.5. The van der Waals surface area contributed by atoms with Crippen molar-refractivity contribution >= 4 is 11.8 Å². The number of ketones is 1. The Bertz CT molecular complexity index is 961. The van der Waals surface area contributed by atoms with Gasteiger partial charge in [0.15, 0.2) is 0 Å². The van der Waals surface area contributed by atoms with Gasteiger partial charge in [-0.2, -0.15) is 0 Å². The highest BCUT2D eigenvalue weighted by Crippen LogP contribution is 2.75. The molecule has 4 nitrogen and oxygen atoms in total. The molecule has 4 heteroatoms. The molecule has 0 aromatic rings. The fourth-order valence-corrected chi connectivity index (χ4v) is 10.4. The average Bonchev–Trinajstić information content (AvgIpc) is 2.72. The second kappa shape index (κ2) is 6.99. The Balaban J connectivity index is 1.61. The maximum atomic E-state index is 13.0. The van der Waals surface area contributed by atoms with Crippen molar-refractivity contribution in [1.29, 1.82) is 0 Å². The van der Waals surface area contributed by atoms with Crippen molar-refractivity contribution in [3.63, 3.8) is 0 Å². The highest BCUT2D eigenvalue weighted by Gasteiger charge is 2.69. The van der Waals surface area contributed by atoms with Crippen molar-refractivity contribution in [3.05, 3.63) is 11.6 Å². The van der Waals surface area contributed by atoms with Gasteiger partial charge < -0.3 is 10.2 Å². The van der Waals surface area contributed by atoms with Crippen LogP contribution in [-0.4, -0.2) is 28.1 Å². The number of aliphatic hydroxyl groups excluding tert-OH is 1. The van der Waals surface area contributed by atoms with Crippen LogP contribution in [0.2, 0.25) is 0 Å². The van der Waals surface area contributed by atoms with E-state index in [1.165, 1.54) is 5.57 Å². The molecule has 0 radical (unpaired) electrons. The molecule has 8 atom stereocenters. The van der Waals surface area contributed by atoms with Gasteiger partial charge in [-0.1, -0.05) is 60.1 Å². The number of carbonyl (C=O) groups excluding carboxylic acids is 1. The van der Waals surface area contributed by atoms with Gasteiger partial charge in [0.1, 0.15) is 5.78 Å². The molecule has 34 heavy (non-hydrogen) atoms. The van der Waals surface area contributed by atoms with Crippen molar-refractivity contribution in [1.82, 2.24) is 0 Å². The SMILES string of the molecule is CC1(C)C[C@H]2C3=CC[C@@H]4[C@@]5(C)CC[C@H](O)C(C)(C)[C@H]5CC[C@@]4(C)[C@]3(C)CC[C@@]2(C(=O)O)CC1=O. The summed E-state index contributed by atoms with van der Waals surface area (Å²) in [5.41, 5.74) is 0.147. The number of rotatable bonds is 1. The van der Waals surface area contributed by atoms with Crippen molar-refractivity contribution in [2.75, 3.05) is 0 Å². The molecule has 5 aliphatic rings.